The summed E-state index contributed by atoms with van der Waals surface area (Å²) in [5.41, 5.74) is 2.95. The minimum absolute atomic E-state index is 0.0817. The van der Waals surface area contributed by atoms with E-state index in [-0.39, 0.29) is 18.2 Å². The molecule has 24 heavy (non-hydrogen) atoms. The Morgan fingerprint density at radius 3 is 2.62 bits per heavy atom. The number of nitrogens with zero attached hydrogens (tertiary/aromatic N) is 2. The van der Waals surface area contributed by atoms with Crippen molar-refractivity contribution >= 4 is 34.6 Å². The van der Waals surface area contributed by atoms with Gasteiger partial charge in [0.05, 0.1) is 11.9 Å². The number of hydrogen-bond acceptors (Lipinski definition) is 2. The highest BCUT2D eigenvalue weighted by molar-refractivity contribution is 6.03. The quantitative estimate of drug-likeness (QED) is 0.580. The van der Waals surface area contributed by atoms with Crippen molar-refractivity contribution in [2.45, 2.75) is 13.5 Å². The fraction of sp³-hybridized carbons (Fsp3) is 0.105. The standard InChI is InChI=1S/C19H17N3O2/c1-3-21-13-22(18-11-7-6-10-17(18)21)12-19(24)20-16-9-5-4-8-15(16)14(2)23/h3-11,13H,1,12H2,2H3/p+1. The van der Waals surface area contributed by atoms with Crippen LogP contribution < -0.4 is 9.88 Å². The van der Waals surface area contributed by atoms with Gasteiger partial charge in [-0.25, -0.2) is 9.13 Å². The van der Waals surface area contributed by atoms with Crippen LogP contribution >= 0.6 is 0 Å². The number of nitrogens with one attached hydrogen (secondary N) is 1. The van der Waals surface area contributed by atoms with Gasteiger partial charge in [0.15, 0.2) is 23.4 Å². The SMILES string of the molecule is C=Cn1c[n+](CC(=O)Nc2ccccc2C(C)=O)c2ccccc21. The average molecular weight is 320 g/mol. The number of fused-ring (bicyclic) bond motifs is 1. The molecule has 1 N–H and O–H groups in total. The van der Waals surface area contributed by atoms with Gasteiger partial charge in [0.2, 0.25) is 6.33 Å². The first-order valence-electron chi connectivity index (χ1n) is 7.61. The number of imidazole rings is 1. The average Bonchev–Trinajstić information content (AvgIpc) is 2.93. The van der Waals surface area contributed by atoms with Gasteiger partial charge < -0.3 is 5.32 Å². The molecule has 120 valence electrons. The van der Waals surface area contributed by atoms with Crippen molar-refractivity contribution < 1.29 is 14.2 Å². The van der Waals surface area contributed by atoms with Crippen LogP contribution in [0.15, 0.2) is 61.4 Å². The van der Waals surface area contributed by atoms with Crippen molar-refractivity contribution in [2.75, 3.05) is 5.32 Å². The molecule has 0 spiro atoms. The lowest BCUT2D eigenvalue weighted by molar-refractivity contribution is -0.658. The minimum Gasteiger partial charge on any atom is -0.322 e. The molecule has 0 aliphatic rings. The lowest BCUT2D eigenvalue weighted by atomic mass is 10.1. The van der Waals surface area contributed by atoms with E-state index in [4.69, 9.17) is 0 Å². The number of carbonyl (C=O) groups is 2. The number of carbonyl (C=O) groups excluding carboxylic acids is 2. The molecule has 1 aromatic heterocycles. The van der Waals surface area contributed by atoms with Gasteiger partial charge in [-0.05, 0) is 31.2 Å². The summed E-state index contributed by atoms with van der Waals surface area (Å²) in [6.45, 7) is 5.41. The minimum atomic E-state index is -0.194. The maximum Gasteiger partial charge on any atom is 0.266 e. The molecule has 2 aromatic carbocycles. The second-order valence-corrected chi connectivity index (χ2v) is 5.47. The van der Waals surface area contributed by atoms with Gasteiger partial charge in [0, 0.05) is 5.56 Å². The Hall–Kier alpha value is -3.21. The number of para-hydroxylation sites is 3. The predicted molar refractivity (Wildman–Crippen MR) is 93.6 cm³/mol. The summed E-state index contributed by atoms with van der Waals surface area (Å²) in [4.78, 5) is 24.1. The summed E-state index contributed by atoms with van der Waals surface area (Å²) < 4.78 is 3.72. The molecule has 0 saturated heterocycles. The Balaban J connectivity index is 1.86. The second-order valence-electron chi connectivity index (χ2n) is 5.47. The third-order valence-corrected chi connectivity index (χ3v) is 3.82. The molecule has 0 aliphatic heterocycles. The van der Waals surface area contributed by atoms with Gasteiger partial charge in [-0.15, -0.1) is 0 Å². The van der Waals surface area contributed by atoms with E-state index in [1.807, 2.05) is 39.7 Å². The zero-order valence-corrected chi connectivity index (χ0v) is 13.4. The molecule has 0 unspecified atom stereocenters. The van der Waals surface area contributed by atoms with Crippen LogP contribution in [0.5, 0.6) is 0 Å². The third-order valence-electron chi connectivity index (χ3n) is 3.82. The van der Waals surface area contributed by atoms with Crippen molar-refractivity contribution in [3.8, 4) is 0 Å². The summed E-state index contributed by atoms with van der Waals surface area (Å²) in [6, 6.07) is 14.8. The molecule has 1 heterocycles. The van der Waals surface area contributed by atoms with Crippen molar-refractivity contribution in [3.63, 3.8) is 0 Å². The molecule has 1 amide bonds. The van der Waals surface area contributed by atoms with E-state index < -0.39 is 0 Å². The van der Waals surface area contributed by atoms with E-state index in [0.717, 1.165) is 11.0 Å². The fourth-order valence-corrected chi connectivity index (χ4v) is 2.71. The molecule has 0 aliphatic carbocycles. The Morgan fingerprint density at radius 1 is 1.17 bits per heavy atom. The number of rotatable bonds is 5. The molecule has 0 fully saturated rings. The van der Waals surface area contributed by atoms with Crippen LogP contribution in [-0.2, 0) is 11.3 Å². The molecule has 3 aromatic rings. The molecule has 3 rings (SSSR count). The van der Waals surface area contributed by atoms with E-state index in [1.165, 1.54) is 6.92 Å². The van der Waals surface area contributed by atoms with E-state index in [9.17, 15) is 9.59 Å². The smallest absolute Gasteiger partial charge is 0.266 e. The van der Waals surface area contributed by atoms with Crippen molar-refractivity contribution in [1.82, 2.24) is 4.57 Å². The van der Waals surface area contributed by atoms with Gasteiger partial charge in [0.1, 0.15) is 0 Å². The van der Waals surface area contributed by atoms with E-state index in [2.05, 4.69) is 11.9 Å². The highest BCUT2D eigenvalue weighted by Gasteiger charge is 2.17. The summed E-state index contributed by atoms with van der Waals surface area (Å²) in [6.07, 6.45) is 3.52. The largest absolute Gasteiger partial charge is 0.322 e. The first-order valence-corrected chi connectivity index (χ1v) is 7.61. The predicted octanol–water partition coefficient (Wildman–Crippen LogP) is 2.87. The third kappa shape index (κ3) is 2.96. The first-order chi connectivity index (χ1) is 11.6. The number of benzene rings is 2. The van der Waals surface area contributed by atoms with Crippen LogP contribution in [0.1, 0.15) is 17.3 Å². The number of aromatic nitrogens is 2. The summed E-state index contributed by atoms with van der Waals surface area (Å²) in [5, 5.41) is 2.82. The molecule has 0 radical (unpaired) electrons. The highest BCUT2D eigenvalue weighted by atomic mass is 16.2. The molecule has 0 saturated carbocycles. The lowest BCUT2D eigenvalue weighted by Gasteiger charge is -2.08. The van der Waals surface area contributed by atoms with Crippen LogP contribution in [-0.4, -0.2) is 16.3 Å². The number of amides is 1. The maximum absolute atomic E-state index is 12.4. The van der Waals surface area contributed by atoms with Crippen molar-refractivity contribution in [1.29, 1.82) is 0 Å². The van der Waals surface area contributed by atoms with Crippen molar-refractivity contribution in [2.24, 2.45) is 0 Å². The van der Waals surface area contributed by atoms with Crippen LogP contribution in [0.3, 0.4) is 0 Å². The number of ketones is 1. The normalized spacial score (nSPS) is 10.5. The summed E-state index contributed by atoms with van der Waals surface area (Å²) >= 11 is 0. The Labute approximate surface area is 139 Å². The van der Waals surface area contributed by atoms with Crippen LogP contribution in [0.2, 0.25) is 0 Å². The Kier molecular flexibility index (Phi) is 4.24. The van der Waals surface area contributed by atoms with Crippen LogP contribution in [0, 0.1) is 0 Å². The molecule has 5 heteroatoms. The van der Waals surface area contributed by atoms with Gasteiger partial charge in [-0.2, -0.15) is 0 Å². The monoisotopic (exact) mass is 320 g/mol. The zero-order chi connectivity index (χ0) is 17.1. The van der Waals surface area contributed by atoms with Gasteiger partial charge in [-0.3, -0.25) is 9.59 Å². The number of hydrogen-bond donors (Lipinski definition) is 1. The highest BCUT2D eigenvalue weighted by Crippen LogP contribution is 2.16. The maximum atomic E-state index is 12.4. The van der Waals surface area contributed by atoms with Gasteiger partial charge >= 0.3 is 0 Å². The molecule has 0 bridgehead atoms. The van der Waals surface area contributed by atoms with E-state index in [1.54, 1.807) is 30.5 Å². The Bertz CT molecular complexity index is 941. The van der Waals surface area contributed by atoms with E-state index >= 15 is 0 Å². The van der Waals surface area contributed by atoms with Crippen LogP contribution in [0.25, 0.3) is 17.2 Å². The topological polar surface area (TPSA) is 55.0 Å². The summed E-state index contributed by atoms with van der Waals surface area (Å²) in [7, 11) is 0. The Morgan fingerprint density at radius 2 is 1.88 bits per heavy atom. The molecule has 5 nitrogen and oxygen atoms in total. The fourth-order valence-electron chi connectivity index (χ4n) is 2.71. The second kappa shape index (κ2) is 6.50. The number of anilines is 1. The molecule has 0 atom stereocenters. The lowest BCUT2D eigenvalue weighted by Crippen LogP contribution is -2.39. The molecular formula is C19H18N3O2+. The summed E-state index contributed by atoms with van der Waals surface area (Å²) in [5.74, 6) is -0.275. The van der Waals surface area contributed by atoms with Gasteiger partial charge in [-0.1, -0.05) is 30.8 Å². The zero-order valence-electron chi connectivity index (χ0n) is 13.4. The molecular weight excluding hydrogens is 302 g/mol. The van der Waals surface area contributed by atoms with E-state index in [0.29, 0.717) is 11.3 Å². The number of Topliss-reactive ketones (excluding diaryl/α,β-unsaturated/α-hetero) is 1. The van der Waals surface area contributed by atoms with Gasteiger partial charge in [0.25, 0.3) is 5.91 Å². The van der Waals surface area contributed by atoms with Crippen LogP contribution in [0.4, 0.5) is 5.69 Å². The van der Waals surface area contributed by atoms with Crippen molar-refractivity contribution in [3.05, 3.63) is 67.0 Å². The first kappa shape index (κ1) is 15.7.